The maximum absolute atomic E-state index is 13.8. The molecule has 12 heteroatoms. The lowest BCUT2D eigenvalue weighted by Crippen LogP contribution is -2.53. The van der Waals surface area contributed by atoms with E-state index in [4.69, 9.17) is 32.1 Å². The van der Waals surface area contributed by atoms with Crippen molar-refractivity contribution in [1.82, 2.24) is 0 Å². The first-order valence-corrected chi connectivity index (χ1v) is 23.8. The number of carbonyl (C=O) groups excluding carboxylic acids is 1. The molecule has 0 aliphatic rings. The van der Waals surface area contributed by atoms with Gasteiger partial charge in [-0.1, -0.05) is 67.5 Å². The molecule has 0 spiro atoms. The van der Waals surface area contributed by atoms with Crippen molar-refractivity contribution in [3.05, 3.63) is 29.8 Å². The Morgan fingerprint density at radius 3 is 1.76 bits per heavy atom. The third kappa shape index (κ3) is 12.5. The van der Waals surface area contributed by atoms with Crippen LogP contribution in [0.1, 0.15) is 67.4 Å². The first kappa shape index (κ1) is 43.1. The lowest BCUT2D eigenvalue weighted by atomic mass is 9.85. The molecule has 268 valence electrons. The van der Waals surface area contributed by atoms with E-state index in [0.717, 1.165) is 11.3 Å². The third-order valence-electron chi connectivity index (χ3n) is 9.99. The fourth-order valence-electron chi connectivity index (χ4n) is 4.61. The van der Waals surface area contributed by atoms with Gasteiger partial charge in [0.25, 0.3) is 0 Å². The van der Waals surface area contributed by atoms with Crippen LogP contribution in [0.15, 0.2) is 24.3 Å². The SMILES string of the molecule is COC[C@@H](C[C@@H](O[Si](C)(C)C(C)(C)C)[C@H](C)[C@H](O[Si](C)(C)C(C)(C)C)[C@@H](C)C(=O)CP(=O)(OC)OC)OCc1ccc(OC)cc1. The van der Waals surface area contributed by atoms with Gasteiger partial charge in [0.2, 0.25) is 0 Å². The van der Waals surface area contributed by atoms with Crippen LogP contribution in [0, 0.1) is 11.8 Å². The second-order valence-corrected chi connectivity index (χ2v) is 27.3. The molecule has 0 bridgehead atoms. The molecule has 0 heterocycles. The highest BCUT2D eigenvalue weighted by Crippen LogP contribution is 2.48. The number of rotatable bonds is 20. The lowest BCUT2D eigenvalue weighted by molar-refractivity contribution is -0.125. The number of hydrogen-bond donors (Lipinski definition) is 0. The third-order valence-corrected chi connectivity index (χ3v) is 20.8. The van der Waals surface area contributed by atoms with E-state index in [1.54, 1.807) is 14.2 Å². The van der Waals surface area contributed by atoms with Gasteiger partial charge in [0, 0.05) is 39.6 Å². The van der Waals surface area contributed by atoms with Crippen LogP contribution in [0.25, 0.3) is 0 Å². The molecule has 0 radical (unpaired) electrons. The van der Waals surface area contributed by atoms with E-state index >= 15 is 0 Å². The van der Waals surface area contributed by atoms with Gasteiger partial charge >= 0.3 is 7.60 Å². The topological polar surface area (TPSA) is 98.8 Å². The summed E-state index contributed by atoms with van der Waals surface area (Å²) in [5, 5.41) is -0.148. The van der Waals surface area contributed by atoms with E-state index in [1.807, 2.05) is 31.2 Å². The minimum atomic E-state index is -3.56. The summed E-state index contributed by atoms with van der Waals surface area (Å²) in [6, 6.07) is 7.82. The predicted octanol–water partition coefficient (Wildman–Crippen LogP) is 8.72. The minimum absolute atomic E-state index is 0.0491. The molecule has 1 aromatic rings. The molecule has 0 amide bonds. The quantitative estimate of drug-likeness (QED) is 0.0975. The number of Topliss-reactive ketones (excluding diaryl/α,β-unsaturated/α-hetero) is 1. The van der Waals surface area contributed by atoms with Crippen LogP contribution in [0.2, 0.25) is 36.3 Å². The Kier molecular flexibility index (Phi) is 16.6. The predicted molar refractivity (Wildman–Crippen MR) is 192 cm³/mol. The lowest BCUT2D eigenvalue weighted by Gasteiger charge is -2.47. The maximum atomic E-state index is 13.8. The Balaban J connectivity index is 3.59. The number of hydrogen-bond acceptors (Lipinski definition) is 9. The Morgan fingerprint density at radius 1 is 0.826 bits per heavy atom. The molecule has 1 aromatic carbocycles. The average Bonchev–Trinajstić information content (AvgIpc) is 2.96. The highest BCUT2D eigenvalue weighted by atomic mass is 31.2. The second-order valence-electron chi connectivity index (χ2n) is 15.5. The number of carbonyl (C=O) groups is 1. The van der Waals surface area contributed by atoms with Gasteiger partial charge in [-0.15, -0.1) is 0 Å². The van der Waals surface area contributed by atoms with Crippen LogP contribution in [0.3, 0.4) is 0 Å². The molecule has 0 aliphatic heterocycles. The van der Waals surface area contributed by atoms with Crippen LogP contribution in [0.5, 0.6) is 5.75 Å². The van der Waals surface area contributed by atoms with Crippen LogP contribution in [0.4, 0.5) is 0 Å². The van der Waals surface area contributed by atoms with Crippen LogP contribution in [-0.4, -0.2) is 81.9 Å². The van der Waals surface area contributed by atoms with Crippen molar-refractivity contribution in [2.24, 2.45) is 11.8 Å². The van der Waals surface area contributed by atoms with E-state index in [9.17, 15) is 9.36 Å². The van der Waals surface area contributed by atoms with Crippen molar-refractivity contribution in [1.29, 1.82) is 0 Å². The van der Waals surface area contributed by atoms with E-state index < -0.39 is 36.3 Å². The molecule has 9 nitrogen and oxygen atoms in total. The number of ether oxygens (including phenoxy) is 3. The van der Waals surface area contributed by atoms with Crippen molar-refractivity contribution in [3.8, 4) is 5.75 Å². The summed E-state index contributed by atoms with van der Waals surface area (Å²) in [5.74, 6) is -0.236. The molecular weight excluding hydrogens is 640 g/mol. The van der Waals surface area contributed by atoms with Crippen molar-refractivity contribution in [3.63, 3.8) is 0 Å². The van der Waals surface area contributed by atoms with Gasteiger partial charge in [-0.2, -0.15) is 0 Å². The first-order valence-electron chi connectivity index (χ1n) is 16.3. The molecule has 0 aromatic heterocycles. The summed E-state index contributed by atoms with van der Waals surface area (Å²) in [5.41, 5.74) is 1.02. The van der Waals surface area contributed by atoms with E-state index in [2.05, 4.69) is 74.7 Å². The van der Waals surface area contributed by atoms with E-state index in [-0.39, 0.29) is 40.1 Å². The highest BCUT2D eigenvalue weighted by Gasteiger charge is 2.47. The standard InChI is InChI=1S/C34H65O9PSi2/c1-25(30(35)24-44(36,39-11)40-12)32(43-46(15,16)34(6,7)8)26(2)31(42-45(13,14)33(3,4)5)21-29(23-37-9)41-22-27-17-19-28(38-10)20-18-27/h17-20,25-26,29,31-32H,21-24H2,1-16H3/t25-,26-,29+,31+,32+/m0/s1. The smallest absolute Gasteiger partial charge is 0.337 e. The molecule has 0 saturated heterocycles. The van der Waals surface area contributed by atoms with Crippen molar-refractivity contribution < 1.29 is 41.5 Å². The van der Waals surface area contributed by atoms with Crippen LogP contribution < -0.4 is 4.74 Å². The van der Waals surface area contributed by atoms with Crippen molar-refractivity contribution in [2.75, 3.05) is 41.2 Å². The zero-order valence-electron chi connectivity index (χ0n) is 31.6. The molecule has 5 atom stereocenters. The maximum Gasteiger partial charge on any atom is 0.337 e. The van der Waals surface area contributed by atoms with E-state index in [1.165, 1.54) is 14.2 Å². The molecule has 0 N–H and O–H groups in total. The zero-order chi connectivity index (χ0) is 35.7. The number of methoxy groups -OCH3 is 2. The Morgan fingerprint density at radius 2 is 1.33 bits per heavy atom. The summed E-state index contributed by atoms with van der Waals surface area (Å²) >= 11 is 0. The molecular formula is C34H65O9PSi2. The largest absolute Gasteiger partial charge is 0.497 e. The fraction of sp³-hybridized carbons (Fsp3) is 0.794. The van der Waals surface area contributed by atoms with Gasteiger partial charge in [-0.25, -0.2) is 0 Å². The van der Waals surface area contributed by atoms with Gasteiger partial charge in [0.15, 0.2) is 16.6 Å². The molecule has 0 aliphatic carbocycles. The second kappa shape index (κ2) is 17.7. The Bertz CT molecular complexity index is 1110. The van der Waals surface area contributed by atoms with Gasteiger partial charge in [0.1, 0.15) is 17.7 Å². The minimum Gasteiger partial charge on any atom is -0.497 e. The molecule has 46 heavy (non-hydrogen) atoms. The summed E-state index contributed by atoms with van der Waals surface area (Å²) in [4.78, 5) is 13.8. The summed E-state index contributed by atoms with van der Waals surface area (Å²) in [7, 11) is -2.30. The molecule has 0 saturated carbocycles. The molecule has 1 rings (SSSR count). The Hall–Kier alpha value is -0.886. The van der Waals surface area contributed by atoms with Gasteiger partial charge < -0.3 is 32.1 Å². The highest BCUT2D eigenvalue weighted by molar-refractivity contribution is 7.54. The Labute approximate surface area is 282 Å². The van der Waals surface area contributed by atoms with Crippen LogP contribution >= 0.6 is 7.60 Å². The van der Waals surface area contributed by atoms with Gasteiger partial charge in [-0.05, 0) is 54.0 Å². The normalized spacial score (nSPS) is 16.9. The van der Waals surface area contributed by atoms with Crippen LogP contribution in [-0.2, 0) is 43.3 Å². The van der Waals surface area contributed by atoms with E-state index in [0.29, 0.717) is 19.6 Å². The fourth-order valence-corrected chi connectivity index (χ4v) is 8.56. The van der Waals surface area contributed by atoms with Gasteiger partial charge in [0.05, 0.1) is 38.6 Å². The number of benzene rings is 1. The monoisotopic (exact) mass is 704 g/mol. The molecule has 0 unspecified atom stereocenters. The van der Waals surface area contributed by atoms with Crippen molar-refractivity contribution in [2.45, 2.75) is 123 Å². The summed E-state index contributed by atoms with van der Waals surface area (Å²) < 4.78 is 55.0. The summed E-state index contributed by atoms with van der Waals surface area (Å²) in [6.07, 6.45) is -0.861. The number of ketones is 1. The first-order chi connectivity index (χ1) is 21.0. The van der Waals surface area contributed by atoms with Gasteiger partial charge in [-0.3, -0.25) is 9.36 Å². The summed E-state index contributed by atoms with van der Waals surface area (Å²) in [6.45, 7) is 26.8. The molecule has 0 fully saturated rings. The zero-order valence-corrected chi connectivity index (χ0v) is 34.5. The average molecular weight is 705 g/mol. The van der Waals surface area contributed by atoms with Crippen molar-refractivity contribution >= 4 is 30.0 Å².